The zero-order valence-corrected chi connectivity index (χ0v) is 10.2. The highest BCUT2D eigenvalue weighted by molar-refractivity contribution is 5.67. The van der Waals surface area contributed by atoms with Gasteiger partial charge in [-0.2, -0.15) is 0 Å². The maximum absolute atomic E-state index is 5.96. The standard InChI is InChI=1S/C14H18N2O/c1-10-5-6-14(13(15)8-10)16-11(2)9-12-4-3-7-17-12/h3-8,11,16H,9,15H2,1-2H3. The summed E-state index contributed by atoms with van der Waals surface area (Å²) in [7, 11) is 0. The van der Waals surface area contributed by atoms with Gasteiger partial charge in [-0.05, 0) is 43.7 Å². The Morgan fingerprint density at radius 3 is 2.82 bits per heavy atom. The minimum absolute atomic E-state index is 0.283. The number of hydrogen-bond donors (Lipinski definition) is 2. The molecule has 90 valence electrons. The molecule has 0 amide bonds. The molecular weight excluding hydrogens is 212 g/mol. The summed E-state index contributed by atoms with van der Waals surface area (Å²) < 4.78 is 5.32. The van der Waals surface area contributed by atoms with E-state index in [2.05, 4.69) is 18.3 Å². The van der Waals surface area contributed by atoms with Crippen LogP contribution in [-0.2, 0) is 6.42 Å². The minimum atomic E-state index is 0.283. The van der Waals surface area contributed by atoms with Crippen molar-refractivity contribution in [2.75, 3.05) is 11.1 Å². The molecule has 1 unspecified atom stereocenters. The van der Waals surface area contributed by atoms with Crippen LogP contribution in [0, 0.1) is 6.92 Å². The van der Waals surface area contributed by atoms with Crippen LogP contribution >= 0.6 is 0 Å². The molecule has 0 spiro atoms. The van der Waals surface area contributed by atoms with E-state index in [4.69, 9.17) is 10.2 Å². The van der Waals surface area contributed by atoms with Crippen LogP contribution in [-0.4, -0.2) is 6.04 Å². The lowest BCUT2D eigenvalue weighted by atomic mass is 10.1. The Hall–Kier alpha value is -1.90. The highest BCUT2D eigenvalue weighted by Crippen LogP contribution is 2.21. The third-order valence-electron chi connectivity index (χ3n) is 2.70. The normalized spacial score (nSPS) is 12.4. The van der Waals surface area contributed by atoms with E-state index < -0.39 is 0 Å². The highest BCUT2D eigenvalue weighted by atomic mass is 16.3. The van der Waals surface area contributed by atoms with Crippen molar-refractivity contribution < 1.29 is 4.42 Å². The van der Waals surface area contributed by atoms with Gasteiger partial charge in [0.25, 0.3) is 0 Å². The SMILES string of the molecule is Cc1ccc(NC(C)Cc2ccco2)c(N)c1. The summed E-state index contributed by atoms with van der Waals surface area (Å²) in [6.07, 6.45) is 2.54. The van der Waals surface area contributed by atoms with E-state index in [0.29, 0.717) is 0 Å². The molecule has 1 atom stereocenters. The predicted molar refractivity (Wildman–Crippen MR) is 71.1 cm³/mol. The van der Waals surface area contributed by atoms with Gasteiger partial charge in [0.2, 0.25) is 0 Å². The Morgan fingerprint density at radius 2 is 2.18 bits per heavy atom. The second-order valence-electron chi connectivity index (χ2n) is 4.42. The second-order valence-corrected chi connectivity index (χ2v) is 4.42. The van der Waals surface area contributed by atoms with Crippen molar-refractivity contribution in [3.05, 3.63) is 47.9 Å². The summed E-state index contributed by atoms with van der Waals surface area (Å²) in [4.78, 5) is 0. The van der Waals surface area contributed by atoms with E-state index in [1.165, 1.54) is 5.56 Å². The molecular formula is C14H18N2O. The van der Waals surface area contributed by atoms with Gasteiger partial charge in [0.05, 0.1) is 17.6 Å². The monoisotopic (exact) mass is 230 g/mol. The van der Waals surface area contributed by atoms with Gasteiger partial charge < -0.3 is 15.5 Å². The Bertz CT molecular complexity index is 477. The average molecular weight is 230 g/mol. The molecule has 3 heteroatoms. The molecule has 3 nitrogen and oxygen atoms in total. The zero-order valence-electron chi connectivity index (χ0n) is 10.2. The van der Waals surface area contributed by atoms with Gasteiger partial charge in [-0.25, -0.2) is 0 Å². The maximum Gasteiger partial charge on any atom is 0.105 e. The number of rotatable bonds is 4. The largest absolute Gasteiger partial charge is 0.469 e. The van der Waals surface area contributed by atoms with Crippen LogP contribution in [0.5, 0.6) is 0 Å². The van der Waals surface area contributed by atoms with Crippen molar-refractivity contribution in [1.29, 1.82) is 0 Å². The van der Waals surface area contributed by atoms with Crippen LogP contribution in [0.2, 0.25) is 0 Å². The fourth-order valence-electron chi connectivity index (χ4n) is 1.86. The molecule has 0 saturated heterocycles. The quantitative estimate of drug-likeness (QED) is 0.793. The van der Waals surface area contributed by atoms with Crippen molar-refractivity contribution >= 4 is 11.4 Å². The summed E-state index contributed by atoms with van der Waals surface area (Å²) in [6, 6.07) is 10.2. The number of anilines is 2. The summed E-state index contributed by atoms with van der Waals surface area (Å²) in [5, 5.41) is 3.39. The number of nitrogens with one attached hydrogen (secondary N) is 1. The molecule has 17 heavy (non-hydrogen) atoms. The van der Waals surface area contributed by atoms with Crippen LogP contribution in [0.1, 0.15) is 18.2 Å². The van der Waals surface area contributed by atoms with Crippen molar-refractivity contribution in [2.45, 2.75) is 26.3 Å². The Kier molecular flexibility index (Phi) is 3.38. The average Bonchev–Trinajstić information content (AvgIpc) is 2.75. The Balaban J connectivity index is 2.00. The first-order valence-electron chi connectivity index (χ1n) is 5.80. The molecule has 0 aliphatic rings. The molecule has 0 saturated carbocycles. The van der Waals surface area contributed by atoms with E-state index in [0.717, 1.165) is 23.6 Å². The Labute approximate surface area is 102 Å². The number of nitrogen functional groups attached to an aromatic ring is 1. The number of furan rings is 1. The van der Waals surface area contributed by atoms with Gasteiger partial charge in [-0.1, -0.05) is 6.07 Å². The fourth-order valence-corrected chi connectivity index (χ4v) is 1.86. The second kappa shape index (κ2) is 4.95. The van der Waals surface area contributed by atoms with E-state index in [1.54, 1.807) is 6.26 Å². The van der Waals surface area contributed by atoms with Gasteiger partial charge in [-0.3, -0.25) is 0 Å². The van der Waals surface area contributed by atoms with E-state index in [1.807, 2.05) is 31.2 Å². The molecule has 3 N–H and O–H groups in total. The lowest BCUT2D eigenvalue weighted by Crippen LogP contribution is -2.18. The molecule has 0 bridgehead atoms. The van der Waals surface area contributed by atoms with Crippen molar-refractivity contribution in [3.8, 4) is 0 Å². The van der Waals surface area contributed by atoms with Gasteiger partial charge in [0.15, 0.2) is 0 Å². The Morgan fingerprint density at radius 1 is 1.35 bits per heavy atom. The van der Waals surface area contributed by atoms with Crippen LogP contribution in [0.15, 0.2) is 41.0 Å². The van der Waals surface area contributed by atoms with Crippen LogP contribution in [0.3, 0.4) is 0 Å². The third kappa shape index (κ3) is 3.03. The molecule has 2 rings (SSSR count). The van der Waals surface area contributed by atoms with Gasteiger partial charge in [-0.15, -0.1) is 0 Å². The topological polar surface area (TPSA) is 51.2 Å². The molecule has 0 aliphatic carbocycles. The van der Waals surface area contributed by atoms with Crippen molar-refractivity contribution in [2.24, 2.45) is 0 Å². The summed E-state index contributed by atoms with van der Waals surface area (Å²) in [5.74, 6) is 0.982. The number of aryl methyl sites for hydroxylation is 1. The molecule has 1 heterocycles. The fraction of sp³-hybridized carbons (Fsp3) is 0.286. The first-order chi connectivity index (χ1) is 8.15. The summed E-state index contributed by atoms with van der Waals surface area (Å²) in [5.41, 5.74) is 8.90. The number of hydrogen-bond acceptors (Lipinski definition) is 3. The lowest BCUT2D eigenvalue weighted by Gasteiger charge is -2.16. The first kappa shape index (κ1) is 11.6. The van der Waals surface area contributed by atoms with Gasteiger partial charge in [0, 0.05) is 12.5 Å². The van der Waals surface area contributed by atoms with E-state index in [-0.39, 0.29) is 6.04 Å². The van der Waals surface area contributed by atoms with Crippen LogP contribution < -0.4 is 11.1 Å². The molecule has 0 fully saturated rings. The highest BCUT2D eigenvalue weighted by Gasteiger charge is 2.07. The maximum atomic E-state index is 5.96. The van der Waals surface area contributed by atoms with Crippen LogP contribution in [0.4, 0.5) is 11.4 Å². The van der Waals surface area contributed by atoms with Crippen molar-refractivity contribution in [1.82, 2.24) is 0 Å². The lowest BCUT2D eigenvalue weighted by molar-refractivity contribution is 0.498. The number of nitrogens with two attached hydrogens (primary N) is 1. The predicted octanol–water partition coefficient (Wildman–Crippen LogP) is 3.21. The molecule has 0 aliphatic heterocycles. The van der Waals surface area contributed by atoms with Gasteiger partial charge in [0.1, 0.15) is 5.76 Å². The zero-order chi connectivity index (χ0) is 12.3. The molecule has 0 radical (unpaired) electrons. The van der Waals surface area contributed by atoms with E-state index in [9.17, 15) is 0 Å². The number of benzene rings is 1. The van der Waals surface area contributed by atoms with Crippen LogP contribution in [0.25, 0.3) is 0 Å². The molecule has 1 aromatic carbocycles. The molecule has 1 aromatic heterocycles. The minimum Gasteiger partial charge on any atom is -0.469 e. The summed E-state index contributed by atoms with van der Waals surface area (Å²) in [6.45, 7) is 4.15. The van der Waals surface area contributed by atoms with Crippen molar-refractivity contribution in [3.63, 3.8) is 0 Å². The summed E-state index contributed by atoms with van der Waals surface area (Å²) >= 11 is 0. The molecule has 2 aromatic rings. The van der Waals surface area contributed by atoms with Gasteiger partial charge >= 0.3 is 0 Å². The third-order valence-corrected chi connectivity index (χ3v) is 2.70. The first-order valence-corrected chi connectivity index (χ1v) is 5.80. The van der Waals surface area contributed by atoms with E-state index >= 15 is 0 Å². The smallest absolute Gasteiger partial charge is 0.105 e.